The fourth-order valence-electron chi connectivity index (χ4n) is 3.24. The van der Waals surface area contributed by atoms with E-state index in [1.54, 1.807) is 0 Å². The Morgan fingerprint density at radius 3 is 2.50 bits per heavy atom. The molecule has 140 valence electrons. The molecule has 1 saturated heterocycles. The molecule has 3 rings (SSSR count). The molecule has 1 aromatic carbocycles. The lowest BCUT2D eigenvalue weighted by molar-refractivity contribution is -0.126. The van der Waals surface area contributed by atoms with Gasteiger partial charge >= 0.3 is 0 Å². The fraction of sp³-hybridized carbons (Fsp3) is 0.500. The van der Waals surface area contributed by atoms with Gasteiger partial charge in [0.25, 0.3) is 0 Å². The average molecular weight is 356 g/mol. The molecular weight excluding hydrogens is 328 g/mol. The van der Waals surface area contributed by atoms with Crippen molar-refractivity contribution in [2.75, 3.05) is 26.2 Å². The standard InChI is InChI=1S/C20H28N4O2/c1-15-4-6-18(7-5-15)13-21-20(25)17(3)24-10-8-23(9-11-24)14-19-12-16(2)26-22-19/h4-7,12,17H,8-11,13-14H2,1-3H3,(H,21,25). The molecule has 2 heterocycles. The van der Waals surface area contributed by atoms with E-state index in [2.05, 4.69) is 51.5 Å². The van der Waals surface area contributed by atoms with E-state index in [9.17, 15) is 4.79 Å². The van der Waals surface area contributed by atoms with Crippen LogP contribution in [0, 0.1) is 13.8 Å². The first-order valence-electron chi connectivity index (χ1n) is 9.23. The van der Waals surface area contributed by atoms with Gasteiger partial charge in [-0.25, -0.2) is 0 Å². The molecular formula is C20H28N4O2. The molecule has 0 aliphatic carbocycles. The fourth-order valence-corrected chi connectivity index (χ4v) is 3.24. The van der Waals surface area contributed by atoms with Gasteiger partial charge in [-0.05, 0) is 26.3 Å². The number of aryl methyl sites for hydroxylation is 2. The monoisotopic (exact) mass is 356 g/mol. The predicted molar refractivity (Wildman–Crippen MR) is 101 cm³/mol. The van der Waals surface area contributed by atoms with Crippen molar-refractivity contribution in [3.8, 4) is 0 Å². The van der Waals surface area contributed by atoms with Crippen molar-refractivity contribution < 1.29 is 9.32 Å². The molecule has 1 amide bonds. The predicted octanol–water partition coefficient (Wildman–Crippen LogP) is 2.11. The summed E-state index contributed by atoms with van der Waals surface area (Å²) in [5.74, 6) is 0.934. The van der Waals surface area contributed by atoms with Crippen molar-refractivity contribution in [3.63, 3.8) is 0 Å². The van der Waals surface area contributed by atoms with E-state index in [0.29, 0.717) is 6.54 Å². The highest BCUT2D eigenvalue weighted by molar-refractivity contribution is 5.81. The lowest BCUT2D eigenvalue weighted by Gasteiger charge is -2.37. The molecule has 1 aliphatic heterocycles. The second-order valence-electron chi connectivity index (χ2n) is 7.12. The number of piperazine rings is 1. The van der Waals surface area contributed by atoms with Crippen LogP contribution in [0.15, 0.2) is 34.9 Å². The van der Waals surface area contributed by atoms with Crippen molar-refractivity contribution in [1.82, 2.24) is 20.3 Å². The molecule has 2 aromatic rings. The van der Waals surface area contributed by atoms with Gasteiger partial charge in [-0.1, -0.05) is 35.0 Å². The summed E-state index contributed by atoms with van der Waals surface area (Å²) < 4.78 is 5.13. The quantitative estimate of drug-likeness (QED) is 0.859. The van der Waals surface area contributed by atoms with Gasteiger partial charge in [-0.3, -0.25) is 14.6 Å². The molecule has 26 heavy (non-hydrogen) atoms. The third-order valence-corrected chi connectivity index (χ3v) is 4.98. The van der Waals surface area contributed by atoms with Gasteiger partial charge in [0.1, 0.15) is 5.76 Å². The van der Waals surface area contributed by atoms with Gasteiger partial charge < -0.3 is 9.84 Å². The number of amides is 1. The van der Waals surface area contributed by atoms with Crippen LogP contribution in [0.5, 0.6) is 0 Å². The van der Waals surface area contributed by atoms with Gasteiger partial charge in [-0.2, -0.15) is 0 Å². The number of benzene rings is 1. The normalized spacial score (nSPS) is 17.2. The summed E-state index contributed by atoms with van der Waals surface area (Å²) in [5, 5.41) is 7.11. The number of carbonyl (C=O) groups is 1. The SMILES string of the molecule is Cc1ccc(CNC(=O)C(C)N2CCN(Cc3cc(C)on3)CC2)cc1. The number of hydrogen-bond acceptors (Lipinski definition) is 5. The average Bonchev–Trinajstić information content (AvgIpc) is 3.06. The summed E-state index contributed by atoms with van der Waals surface area (Å²) >= 11 is 0. The molecule has 0 bridgehead atoms. The van der Waals surface area contributed by atoms with Gasteiger partial charge in [0.05, 0.1) is 11.7 Å². The van der Waals surface area contributed by atoms with E-state index < -0.39 is 0 Å². The summed E-state index contributed by atoms with van der Waals surface area (Å²) in [4.78, 5) is 17.1. The van der Waals surface area contributed by atoms with Crippen LogP contribution in [-0.2, 0) is 17.9 Å². The van der Waals surface area contributed by atoms with Crippen molar-refractivity contribution in [2.45, 2.75) is 39.9 Å². The van der Waals surface area contributed by atoms with Crippen molar-refractivity contribution in [2.24, 2.45) is 0 Å². The van der Waals surface area contributed by atoms with E-state index in [1.165, 1.54) is 5.56 Å². The first kappa shape index (κ1) is 18.6. The van der Waals surface area contributed by atoms with Crippen LogP contribution in [0.2, 0.25) is 0 Å². The third-order valence-electron chi connectivity index (χ3n) is 4.98. The Kier molecular flexibility index (Phi) is 6.06. The summed E-state index contributed by atoms with van der Waals surface area (Å²) in [6, 6.07) is 10.1. The Morgan fingerprint density at radius 2 is 1.88 bits per heavy atom. The minimum atomic E-state index is -0.114. The highest BCUT2D eigenvalue weighted by Crippen LogP contribution is 2.11. The Labute approximate surface area is 155 Å². The first-order chi connectivity index (χ1) is 12.5. The molecule has 1 fully saturated rings. The van der Waals surface area contributed by atoms with E-state index in [0.717, 1.165) is 49.7 Å². The van der Waals surface area contributed by atoms with Gasteiger partial charge in [0, 0.05) is 45.3 Å². The largest absolute Gasteiger partial charge is 0.361 e. The van der Waals surface area contributed by atoms with Crippen LogP contribution in [0.4, 0.5) is 0 Å². The maximum absolute atomic E-state index is 12.5. The Morgan fingerprint density at radius 1 is 1.19 bits per heavy atom. The number of carbonyl (C=O) groups excluding carboxylic acids is 1. The number of hydrogen-bond donors (Lipinski definition) is 1. The van der Waals surface area contributed by atoms with Crippen LogP contribution < -0.4 is 5.32 Å². The summed E-state index contributed by atoms with van der Waals surface area (Å²) in [6.45, 7) is 11.0. The summed E-state index contributed by atoms with van der Waals surface area (Å²) in [7, 11) is 0. The molecule has 6 heteroatoms. The minimum Gasteiger partial charge on any atom is -0.361 e. The number of nitrogens with zero attached hydrogens (tertiary/aromatic N) is 3. The zero-order valence-electron chi connectivity index (χ0n) is 15.9. The van der Waals surface area contributed by atoms with E-state index in [-0.39, 0.29) is 11.9 Å². The Bertz CT molecular complexity index is 718. The van der Waals surface area contributed by atoms with Gasteiger partial charge in [0.2, 0.25) is 5.91 Å². The van der Waals surface area contributed by atoms with Crippen molar-refractivity contribution in [3.05, 3.63) is 52.9 Å². The number of rotatable bonds is 6. The van der Waals surface area contributed by atoms with Crippen LogP contribution in [0.1, 0.15) is 29.5 Å². The second-order valence-corrected chi connectivity index (χ2v) is 7.12. The summed E-state index contributed by atoms with van der Waals surface area (Å²) in [6.07, 6.45) is 0. The van der Waals surface area contributed by atoms with Crippen molar-refractivity contribution in [1.29, 1.82) is 0 Å². The number of aromatic nitrogens is 1. The van der Waals surface area contributed by atoms with Gasteiger partial charge in [-0.15, -0.1) is 0 Å². The topological polar surface area (TPSA) is 61.6 Å². The zero-order chi connectivity index (χ0) is 18.5. The van der Waals surface area contributed by atoms with Crippen molar-refractivity contribution >= 4 is 5.91 Å². The Balaban J connectivity index is 1.42. The molecule has 1 N–H and O–H groups in total. The minimum absolute atomic E-state index is 0.0890. The zero-order valence-corrected chi connectivity index (χ0v) is 15.9. The van der Waals surface area contributed by atoms with Gasteiger partial charge in [0.15, 0.2) is 0 Å². The van der Waals surface area contributed by atoms with E-state index in [1.807, 2.05) is 19.9 Å². The van der Waals surface area contributed by atoms with E-state index >= 15 is 0 Å². The molecule has 1 unspecified atom stereocenters. The smallest absolute Gasteiger partial charge is 0.237 e. The maximum Gasteiger partial charge on any atom is 0.237 e. The molecule has 0 radical (unpaired) electrons. The highest BCUT2D eigenvalue weighted by atomic mass is 16.5. The molecule has 1 atom stereocenters. The molecule has 0 saturated carbocycles. The highest BCUT2D eigenvalue weighted by Gasteiger charge is 2.25. The summed E-state index contributed by atoms with van der Waals surface area (Å²) in [5.41, 5.74) is 3.33. The lowest BCUT2D eigenvalue weighted by Crippen LogP contribution is -2.53. The molecule has 0 spiro atoms. The Hall–Kier alpha value is -2.18. The molecule has 1 aromatic heterocycles. The second kappa shape index (κ2) is 8.47. The third kappa shape index (κ3) is 4.93. The van der Waals surface area contributed by atoms with Crippen LogP contribution in [0.25, 0.3) is 0 Å². The number of nitrogens with one attached hydrogen (secondary N) is 1. The lowest BCUT2D eigenvalue weighted by atomic mass is 10.1. The maximum atomic E-state index is 12.5. The van der Waals surface area contributed by atoms with Crippen LogP contribution in [0.3, 0.4) is 0 Å². The first-order valence-corrected chi connectivity index (χ1v) is 9.23. The van der Waals surface area contributed by atoms with Crippen LogP contribution in [-0.4, -0.2) is 53.1 Å². The van der Waals surface area contributed by atoms with E-state index in [4.69, 9.17) is 4.52 Å². The molecule has 6 nitrogen and oxygen atoms in total. The van der Waals surface area contributed by atoms with Crippen LogP contribution >= 0.6 is 0 Å². The molecule has 1 aliphatic rings.